The Hall–Kier alpha value is -2.24. The van der Waals surface area contributed by atoms with E-state index in [1.807, 2.05) is 12.1 Å². The van der Waals surface area contributed by atoms with E-state index in [-0.39, 0.29) is 10.6 Å². The standard InChI is InChI=1S/C20H20ClN3O2/c1-23-8-6-13(7-9-23)19-18-5-4-16(21)10-14(18)2-3-15-11-17(24(25)26)12-22-20(15)19/h4-5,10-12H,2-3,6-9H2,1H3. The lowest BCUT2D eigenvalue weighted by Gasteiger charge is -2.27. The number of aryl methyl sites for hydroxylation is 2. The summed E-state index contributed by atoms with van der Waals surface area (Å²) in [6.07, 6.45) is 4.91. The van der Waals surface area contributed by atoms with Crippen molar-refractivity contribution in [2.45, 2.75) is 25.7 Å². The maximum atomic E-state index is 11.2. The van der Waals surface area contributed by atoms with E-state index < -0.39 is 0 Å². The molecule has 5 nitrogen and oxygen atoms in total. The number of nitro groups is 1. The van der Waals surface area contributed by atoms with Crippen molar-refractivity contribution in [3.8, 4) is 0 Å². The number of benzene rings is 1. The first-order valence-electron chi connectivity index (χ1n) is 8.86. The molecule has 0 spiro atoms. The minimum Gasteiger partial charge on any atom is -0.306 e. The number of likely N-dealkylation sites (tertiary alicyclic amines) is 1. The topological polar surface area (TPSA) is 59.3 Å². The molecule has 0 atom stereocenters. The van der Waals surface area contributed by atoms with E-state index in [0.717, 1.165) is 60.6 Å². The Balaban J connectivity index is 1.93. The molecule has 0 saturated carbocycles. The first kappa shape index (κ1) is 17.2. The molecule has 0 N–H and O–H groups in total. The molecule has 0 radical (unpaired) electrons. The Kier molecular flexibility index (Phi) is 4.51. The van der Waals surface area contributed by atoms with Gasteiger partial charge in [0.15, 0.2) is 0 Å². The smallest absolute Gasteiger partial charge is 0.287 e. The average molecular weight is 370 g/mol. The number of hydrogen-bond acceptors (Lipinski definition) is 4. The molecule has 0 amide bonds. The fourth-order valence-corrected chi connectivity index (χ4v) is 4.11. The molecule has 4 rings (SSSR count). The van der Waals surface area contributed by atoms with E-state index in [0.29, 0.717) is 0 Å². The van der Waals surface area contributed by atoms with Gasteiger partial charge in [-0.1, -0.05) is 23.2 Å². The summed E-state index contributed by atoms with van der Waals surface area (Å²) in [7, 11) is 2.14. The predicted octanol–water partition coefficient (Wildman–Crippen LogP) is 4.27. The number of rotatable bonds is 1. The molecule has 2 aliphatic rings. The second kappa shape index (κ2) is 6.82. The van der Waals surface area contributed by atoms with Gasteiger partial charge in [0.05, 0.1) is 10.6 Å². The van der Waals surface area contributed by atoms with E-state index in [1.165, 1.54) is 22.9 Å². The van der Waals surface area contributed by atoms with Gasteiger partial charge in [0.25, 0.3) is 5.69 Å². The highest BCUT2D eigenvalue weighted by Crippen LogP contribution is 2.39. The Morgan fingerprint density at radius 3 is 2.58 bits per heavy atom. The van der Waals surface area contributed by atoms with E-state index >= 15 is 0 Å². The molecule has 1 aliphatic carbocycles. The zero-order chi connectivity index (χ0) is 18.3. The zero-order valence-corrected chi connectivity index (χ0v) is 15.4. The third-order valence-electron chi connectivity index (χ3n) is 5.34. The van der Waals surface area contributed by atoms with Gasteiger partial charge in [-0.3, -0.25) is 10.1 Å². The van der Waals surface area contributed by atoms with Crippen molar-refractivity contribution in [1.29, 1.82) is 0 Å². The van der Waals surface area contributed by atoms with Crippen molar-refractivity contribution in [2.75, 3.05) is 20.1 Å². The summed E-state index contributed by atoms with van der Waals surface area (Å²) in [4.78, 5) is 17.7. The number of nitrogens with zero attached hydrogens (tertiary/aromatic N) is 3. The summed E-state index contributed by atoms with van der Waals surface area (Å²) in [6, 6.07) is 7.71. The fraction of sp³-hybridized carbons (Fsp3) is 0.350. The van der Waals surface area contributed by atoms with Crippen molar-refractivity contribution in [3.63, 3.8) is 0 Å². The van der Waals surface area contributed by atoms with E-state index in [1.54, 1.807) is 6.07 Å². The van der Waals surface area contributed by atoms with Crippen molar-refractivity contribution in [3.05, 3.63) is 73.6 Å². The minimum atomic E-state index is -0.370. The molecule has 0 bridgehead atoms. The quantitative estimate of drug-likeness (QED) is 0.556. The van der Waals surface area contributed by atoms with E-state index in [9.17, 15) is 10.1 Å². The molecule has 2 aromatic rings. The van der Waals surface area contributed by atoms with Crippen LogP contribution in [0.4, 0.5) is 5.69 Å². The van der Waals surface area contributed by atoms with Gasteiger partial charge >= 0.3 is 0 Å². The highest BCUT2D eigenvalue weighted by Gasteiger charge is 2.26. The highest BCUT2D eigenvalue weighted by atomic mass is 35.5. The Morgan fingerprint density at radius 2 is 1.85 bits per heavy atom. The summed E-state index contributed by atoms with van der Waals surface area (Å²) < 4.78 is 0. The lowest BCUT2D eigenvalue weighted by atomic mass is 9.88. The largest absolute Gasteiger partial charge is 0.306 e. The molecule has 6 heteroatoms. The van der Waals surface area contributed by atoms with Crippen LogP contribution in [-0.2, 0) is 12.8 Å². The Bertz CT molecular complexity index is 913. The summed E-state index contributed by atoms with van der Waals surface area (Å²) in [5.41, 5.74) is 6.82. The molecule has 134 valence electrons. The van der Waals surface area contributed by atoms with Crippen LogP contribution in [0.3, 0.4) is 0 Å². The molecule has 2 heterocycles. The summed E-state index contributed by atoms with van der Waals surface area (Å²) in [5, 5.41) is 11.9. The van der Waals surface area contributed by atoms with Crippen LogP contribution in [0.2, 0.25) is 5.02 Å². The van der Waals surface area contributed by atoms with Crippen LogP contribution in [0.25, 0.3) is 5.57 Å². The van der Waals surface area contributed by atoms with Crippen molar-refractivity contribution < 1.29 is 4.92 Å². The molecular formula is C20H20ClN3O2. The van der Waals surface area contributed by atoms with Crippen LogP contribution < -0.4 is 0 Å². The lowest BCUT2D eigenvalue weighted by Crippen LogP contribution is -2.27. The van der Waals surface area contributed by atoms with Gasteiger partial charge < -0.3 is 4.90 Å². The van der Waals surface area contributed by atoms with Crippen LogP contribution in [0.5, 0.6) is 0 Å². The van der Waals surface area contributed by atoms with Gasteiger partial charge in [-0.15, -0.1) is 0 Å². The average Bonchev–Trinajstić information content (AvgIpc) is 2.78. The molecule has 1 aromatic carbocycles. The SMILES string of the molecule is CN1CCC(=C2c3ccc(Cl)cc3CCc3cc([N+](=O)[O-])cnc32)CC1. The van der Waals surface area contributed by atoms with Gasteiger partial charge in [0.2, 0.25) is 0 Å². The number of fused-ring (bicyclic) bond motifs is 2. The normalized spacial score (nSPS) is 17.5. The molecular weight excluding hydrogens is 350 g/mol. The van der Waals surface area contributed by atoms with Gasteiger partial charge in [-0.05, 0) is 61.6 Å². The van der Waals surface area contributed by atoms with Crippen LogP contribution in [0.1, 0.15) is 35.2 Å². The minimum absolute atomic E-state index is 0.0560. The van der Waals surface area contributed by atoms with Gasteiger partial charge in [0, 0.05) is 29.8 Å². The van der Waals surface area contributed by atoms with Gasteiger partial charge in [0.1, 0.15) is 6.20 Å². The summed E-state index contributed by atoms with van der Waals surface area (Å²) in [5.74, 6) is 0. The van der Waals surface area contributed by atoms with Crippen LogP contribution >= 0.6 is 11.6 Å². The monoisotopic (exact) mass is 369 g/mol. The number of piperidine rings is 1. The predicted molar refractivity (Wildman–Crippen MR) is 103 cm³/mol. The van der Waals surface area contributed by atoms with Crippen molar-refractivity contribution in [2.24, 2.45) is 0 Å². The van der Waals surface area contributed by atoms with Crippen LogP contribution in [-0.4, -0.2) is 34.9 Å². The van der Waals surface area contributed by atoms with Gasteiger partial charge in [-0.25, -0.2) is 4.98 Å². The first-order valence-corrected chi connectivity index (χ1v) is 9.24. The maximum absolute atomic E-state index is 11.2. The number of aromatic nitrogens is 1. The molecule has 1 fully saturated rings. The summed E-state index contributed by atoms with van der Waals surface area (Å²) in [6.45, 7) is 2.04. The first-order chi connectivity index (χ1) is 12.5. The highest BCUT2D eigenvalue weighted by molar-refractivity contribution is 6.30. The van der Waals surface area contributed by atoms with Crippen LogP contribution in [0, 0.1) is 10.1 Å². The molecule has 1 aliphatic heterocycles. The fourth-order valence-electron chi connectivity index (χ4n) is 3.92. The number of halogens is 1. The maximum Gasteiger partial charge on any atom is 0.287 e. The van der Waals surface area contributed by atoms with E-state index in [4.69, 9.17) is 11.6 Å². The van der Waals surface area contributed by atoms with Gasteiger partial charge in [-0.2, -0.15) is 0 Å². The second-order valence-electron chi connectivity index (χ2n) is 7.04. The molecule has 1 aromatic heterocycles. The zero-order valence-electron chi connectivity index (χ0n) is 14.7. The Morgan fingerprint density at radius 1 is 1.12 bits per heavy atom. The van der Waals surface area contributed by atoms with Crippen molar-refractivity contribution in [1.82, 2.24) is 9.88 Å². The Labute approximate surface area is 157 Å². The molecule has 26 heavy (non-hydrogen) atoms. The molecule has 0 unspecified atom stereocenters. The van der Waals surface area contributed by atoms with Crippen LogP contribution in [0.15, 0.2) is 36.0 Å². The lowest BCUT2D eigenvalue weighted by molar-refractivity contribution is -0.385. The summed E-state index contributed by atoms with van der Waals surface area (Å²) >= 11 is 6.23. The third kappa shape index (κ3) is 3.13. The second-order valence-corrected chi connectivity index (χ2v) is 7.48. The number of hydrogen-bond donors (Lipinski definition) is 0. The number of pyridine rings is 1. The molecule has 1 saturated heterocycles. The van der Waals surface area contributed by atoms with Crippen molar-refractivity contribution >= 4 is 22.9 Å². The third-order valence-corrected chi connectivity index (χ3v) is 5.58. The van der Waals surface area contributed by atoms with E-state index in [2.05, 4.69) is 23.0 Å².